The number of likely N-dealkylation sites (tertiary alicyclic amines) is 1. The number of nitrogens with zero attached hydrogens (tertiary/aromatic N) is 6. The third-order valence-corrected chi connectivity index (χ3v) is 16.2. The summed E-state index contributed by atoms with van der Waals surface area (Å²) in [5, 5.41) is 12.7. The maximum absolute atomic E-state index is 16.3. The summed E-state index contributed by atoms with van der Waals surface area (Å²) in [4.78, 5) is 37.6. The van der Waals surface area contributed by atoms with Crippen molar-refractivity contribution in [3.8, 4) is 5.69 Å². The van der Waals surface area contributed by atoms with E-state index in [1.54, 1.807) is 6.92 Å². The summed E-state index contributed by atoms with van der Waals surface area (Å²) < 4.78 is 142. The van der Waals surface area contributed by atoms with Crippen LogP contribution in [0.1, 0.15) is 236 Å². The molecule has 5 aromatic rings. The van der Waals surface area contributed by atoms with E-state index in [4.69, 9.17) is 10.4 Å². The van der Waals surface area contributed by atoms with Gasteiger partial charge in [0.25, 0.3) is 17.9 Å². The number of unbranched alkanes of at least 4 members (excludes halogenated alkanes) is 2. The van der Waals surface area contributed by atoms with Gasteiger partial charge in [0.2, 0.25) is 5.92 Å². The summed E-state index contributed by atoms with van der Waals surface area (Å²) >= 11 is 0. The molecule has 19 heteroatoms. The van der Waals surface area contributed by atoms with Crippen LogP contribution in [0.2, 0.25) is 0 Å². The highest BCUT2D eigenvalue weighted by molar-refractivity contribution is 6.02. The van der Waals surface area contributed by atoms with Crippen molar-refractivity contribution < 1.29 is 48.7 Å². The molecule has 4 heterocycles. The van der Waals surface area contributed by atoms with Crippen molar-refractivity contribution in [2.24, 2.45) is 23.7 Å². The van der Waals surface area contributed by atoms with E-state index in [0.29, 0.717) is 35.0 Å². The first-order valence-electron chi connectivity index (χ1n) is 31.3. The predicted octanol–water partition coefficient (Wildman–Crippen LogP) is 18.6. The molecule has 3 aromatic heterocycles. The highest BCUT2D eigenvalue weighted by Crippen LogP contribution is 2.68. The number of hydrogen-bond acceptors (Lipinski definition) is 7. The lowest BCUT2D eigenvalue weighted by Gasteiger charge is -2.33. The highest BCUT2D eigenvalue weighted by atomic mass is 19.3. The van der Waals surface area contributed by atoms with Gasteiger partial charge in [-0.3, -0.25) is 18.8 Å². The zero-order chi connectivity index (χ0) is 64.9. The van der Waals surface area contributed by atoms with Gasteiger partial charge in [0.05, 0.1) is 23.3 Å². The van der Waals surface area contributed by atoms with Crippen molar-refractivity contribution in [1.82, 2.24) is 29.2 Å². The van der Waals surface area contributed by atoms with E-state index < -0.39 is 108 Å². The fourth-order valence-electron chi connectivity index (χ4n) is 12.0. The van der Waals surface area contributed by atoms with Crippen LogP contribution in [0.4, 0.5) is 43.9 Å². The number of aromatic nitrogens is 5. The number of aryl methyl sites for hydroxylation is 2. The first-order valence-corrected chi connectivity index (χ1v) is 31.3. The SMILES string of the molecule is CC.CC.CC.CC(=O)Cn1nc(C(F)F)c2c1C(F)(F)C1CC21.CCCCCN1CC(F)C[C@@H](C)C1.CCCc1ccc(-n2c(C(Cc3cc(F)cc(F)c3)C(C)C)nc3nc(C4(F)CCC(F)(F)CC4)cc(C)c3c2=O)c(C)c1C(=N)C(C)C. The number of pyridine rings is 1. The molecule has 1 aliphatic heterocycles. The van der Waals surface area contributed by atoms with Gasteiger partial charge in [-0.25, -0.2) is 45.1 Å². The van der Waals surface area contributed by atoms with Gasteiger partial charge < -0.3 is 10.3 Å². The Labute approximate surface area is 504 Å². The topological polar surface area (TPSA) is 110 Å². The van der Waals surface area contributed by atoms with Crippen molar-refractivity contribution in [2.45, 2.75) is 236 Å². The van der Waals surface area contributed by atoms with E-state index in [9.17, 15) is 49.1 Å². The zero-order valence-corrected chi connectivity index (χ0v) is 53.7. The summed E-state index contributed by atoms with van der Waals surface area (Å²) in [6, 6.07) is 8.55. The van der Waals surface area contributed by atoms with Crippen LogP contribution >= 0.6 is 0 Å². The van der Waals surface area contributed by atoms with Crippen LogP contribution in [-0.2, 0) is 35.8 Å². The Morgan fingerprint density at radius 3 is 1.98 bits per heavy atom. The van der Waals surface area contributed by atoms with Gasteiger partial charge in [-0.05, 0) is 142 Å². The van der Waals surface area contributed by atoms with Crippen LogP contribution in [-0.4, -0.2) is 72.4 Å². The van der Waals surface area contributed by atoms with E-state index in [2.05, 4.69) is 35.8 Å². The fraction of sp³-hybridized carbons (Fsp3) is 0.642. The Balaban J connectivity index is 0.000000345. The standard InChI is InChI=1S/C39H45F5N4O.C11H10F4N2O.C11H22FN.3C2H6/c1-8-9-26-10-11-30(24(7)33(26)34(45)22(4)5)48-36(29(21(2)3)19-25-17-27(40)20-28(41)18-25)47-35-32(37(48)49)23(6)16-31(46-35)38(42)12-14-39(43,44)15-13-38;1-4(18)3-17-9-7(8(16-17)10(12)13)5-2-6(5)11(9,14)15;1-3-4-5-6-13-8-10(2)7-11(12)9-13;3*1-2/h10-11,16-18,20-22,29,45H,8-9,12-15,19H2,1-7H3;5-6,10H,2-3H2,1H3;10-11H,3-9H2,1-2H3;3*1-2H3/t;;10-,11?;;;/m..1.../s1. The summed E-state index contributed by atoms with van der Waals surface area (Å²) in [5.74, 6) is -9.35. The van der Waals surface area contributed by atoms with Crippen molar-refractivity contribution >= 4 is 22.5 Å². The number of piperidine rings is 1. The second-order valence-electron chi connectivity index (χ2n) is 23.6. The molecule has 1 N–H and O–H groups in total. The van der Waals surface area contributed by atoms with Gasteiger partial charge in [-0.15, -0.1) is 0 Å². The van der Waals surface area contributed by atoms with Gasteiger partial charge in [0, 0.05) is 60.7 Å². The molecule has 0 bridgehead atoms. The first kappa shape index (κ1) is 73.0. The second-order valence-corrected chi connectivity index (χ2v) is 23.6. The number of alkyl halides is 8. The lowest BCUT2D eigenvalue weighted by Crippen LogP contribution is -2.41. The number of carbonyl (C=O) groups excluding carboxylic acids is 1. The first-order chi connectivity index (χ1) is 40.5. The smallest absolute Gasteiger partial charge is 0.293 e. The van der Waals surface area contributed by atoms with Crippen molar-refractivity contribution in [3.05, 3.63) is 115 Å². The van der Waals surface area contributed by atoms with E-state index in [-0.39, 0.29) is 59.3 Å². The predicted molar refractivity (Wildman–Crippen MR) is 325 cm³/mol. The molecule has 3 aliphatic carbocycles. The quantitative estimate of drug-likeness (QED) is 0.0564. The van der Waals surface area contributed by atoms with E-state index >= 15 is 4.39 Å². The third-order valence-electron chi connectivity index (χ3n) is 16.2. The van der Waals surface area contributed by atoms with E-state index in [1.807, 2.05) is 88.3 Å². The number of carbonyl (C=O) groups is 1. The largest absolute Gasteiger partial charge is 0.304 e. The summed E-state index contributed by atoms with van der Waals surface area (Å²) in [5.41, 5.74) is 0.532. The van der Waals surface area contributed by atoms with Crippen LogP contribution in [0.3, 0.4) is 0 Å². The molecule has 0 spiro atoms. The monoisotopic (exact) mass is 1220 g/mol. The number of nitrogens with one attached hydrogen (secondary N) is 1. The normalized spacial score (nSPS) is 19.9. The van der Waals surface area contributed by atoms with Crippen LogP contribution in [0, 0.1) is 54.6 Å². The zero-order valence-electron chi connectivity index (χ0n) is 53.7. The minimum Gasteiger partial charge on any atom is -0.304 e. The summed E-state index contributed by atoms with van der Waals surface area (Å²) in [7, 11) is 0. The van der Waals surface area contributed by atoms with Gasteiger partial charge in [0.15, 0.2) is 17.1 Å². The molecule has 3 fully saturated rings. The van der Waals surface area contributed by atoms with Gasteiger partial charge in [-0.1, -0.05) is 115 Å². The minimum atomic E-state index is -3.14. The van der Waals surface area contributed by atoms with Gasteiger partial charge in [0.1, 0.15) is 35.0 Å². The molecule has 4 aliphatic rings. The molecular weight excluding hydrogens is 1120 g/mol. The van der Waals surface area contributed by atoms with Crippen LogP contribution in [0.25, 0.3) is 16.7 Å². The average molecular weight is 1220 g/mol. The van der Waals surface area contributed by atoms with Gasteiger partial charge >= 0.3 is 0 Å². The van der Waals surface area contributed by atoms with Crippen LogP contribution < -0.4 is 5.56 Å². The third kappa shape index (κ3) is 17.2. The molecule has 4 unspecified atom stereocenters. The molecule has 5 atom stereocenters. The summed E-state index contributed by atoms with van der Waals surface area (Å²) in [6.45, 7) is 33.4. The molecule has 0 radical (unpaired) electrons. The Morgan fingerprint density at radius 1 is 0.826 bits per heavy atom. The number of ketones is 1. The van der Waals surface area contributed by atoms with Crippen molar-refractivity contribution in [3.63, 3.8) is 0 Å². The maximum Gasteiger partial charge on any atom is 0.293 e. The molecule has 480 valence electrons. The lowest BCUT2D eigenvalue weighted by atomic mass is 9.81. The Kier molecular flexibility index (Phi) is 26.9. The average Bonchev–Trinajstić information content (AvgIpc) is 1.51. The van der Waals surface area contributed by atoms with E-state index in [1.165, 1.54) is 49.0 Å². The number of rotatable bonds is 17. The molecule has 1 saturated heterocycles. The molecule has 2 aromatic carbocycles. The molecule has 9 nitrogen and oxygen atoms in total. The number of hydrogen-bond donors (Lipinski definition) is 1. The molecule has 0 amide bonds. The Bertz CT molecular complexity index is 3080. The molecule has 86 heavy (non-hydrogen) atoms. The number of Topliss-reactive ketones (excluding diaryl/α,β-unsaturated/α-hetero) is 1. The van der Waals surface area contributed by atoms with Crippen molar-refractivity contribution in [2.75, 3.05) is 19.6 Å². The maximum atomic E-state index is 16.3. The minimum absolute atomic E-state index is 0.00733. The number of fused-ring (bicyclic) bond motifs is 4. The number of benzene rings is 2. The summed E-state index contributed by atoms with van der Waals surface area (Å²) in [6.07, 6.45) is 0.999. The molecule has 9 rings (SSSR count). The van der Waals surface area contributed by atoms with E-state index in [0.717, 1.165) is 59.8 Å². The van der Waals surface area contributed by atoms with Crippen LogP contribution in [0.15, 0.2) is 41.2 Å². The van der Waals surface area contributed by atoms with Gasteiger partial charge in [-0.2, -0.15) is 13.9 Å². The van der Waals surface area contributed by atoms with Crippen LogP contribution in [0.5, 0.6) is 0 Å². The fourth-order valence-corrected chi connectivity index (χ4v) is 12.0. The molecular formula is C67H95F10N7O2. The second kappa shape index (κ2) is 31.6. The Morgan fingerprint density at radius 2 is 1.44 bits per heavy atom. The Hall–Kier alpha value is -5.46. The lowest BCUT2D eigenvalue weighted by molar-refractivity contribution is -0.118. The molecule has 2 saturated carbocycles. The number of halogens is 10. The highest BCUT2D eigenvalue weighted by Gasteiger charge is 2.67. The van der Waals surface area contributed by atoms with Crippen molar-refractivity contribution in [1.29, 1.82) is 5.41 Å².